The lowest BCUT2D eigenvalue weighted by atomic mass is 10.1. The van der Waals surface area contributed by atoms with Gasteiger partial charge < -0.3 is 19.5 Å². The molecule has 1 saturated heterocycles. The molecule has 158 valence electrons. The maximum Gasteiger partial charge on any atom is 0.270 e. The van der Waals surface area contributed by atoms with Crippen molar-refractivity contribution in [1.82, 2.24) is 19.7 Å². The Labute approximate surface area is 177 Å². The summed E-state index contributed by atoms with van der Waals surface area (Å²) in [5.41, 5.74) is 3.09. The molecule has 2 aromatic heterocycles. The van der Waals surface area contributed by atoms with E-state index >= 15 is 0 Å². The summed E-state index contributed by atoms with van der Waals surface area (Å²) >= 11 is 0. The standard InChI is InChI=1S/C23H29N5O2/c1-26-13-6-7-21(26)20-17-22(23(29)24-12-16-27-14-4-3-5-15-27)28(25-20)18-8-10-19(30-2)11-9-18/h6-11,13,17H,3-5,12,14-16H2,1-2H3,(H,24,29)/p+1. The summed E-state index contributed by atoms with van der Waals surface area (Å²) in [6.07, 6.45) is 5.88. The second-order valence-corrected chi connectivity index (χ2v) is 7.85. The van der Waals surface area contributed by atoms with E-state index in [2.05, 4.69) is 5.32 Å². The molecule has 1 fully saturated rings. The van der Waals surface area contributed by atoms with E-state index in [9.17, 15) is 4.79 Å². The predicted octanol–water partition coefficient (Wildman–Crippen LogP) is 1.68. The third-order valence-electron chi connectivity index (χ3n) is 5.79. The number of hydrogen-bond donors (Lipinski definition) is 2. The van der Waals surface area contributed by atoms with Gasteiger partial charge in [-0.2, -0.15) is 5.10 Å². The molecule has 1 amide bonds. The zero-order valence-electron chi connectivity index (χ0n) is 17.7. The molecule has 2 N–H and O–H groups in total. The van der Waals surface area contributed by atoms with Crippen molar-refractivity contribution in [2.45, 2.75) is 19.3 Å². The number of rotatable bonds is 7. The van der Waals surface area contributed by atoms with Gasteiger partial charge in [-0.25, -0.2) is 4.68 Å². The highest BCUT2D eigenvalue weighted by molar-refractivity contribution is 5.94. The van der Waals surface area contributed by atoms with E-state index < -0.39 is 0 Å². The highest BCUT2D eigenvalue weighted by Gasteiger charge is 2.20. The van der Waals surface area contributed by atoms with E-state index in [-0.39, 0.29) is 5.91 Å². The van der Waals surface area contributed by atoms with Gasteiger partial charge in [0.25, 0.3) is 5.91 Å². The van der Waals surface area contributed by atoms with Crippen LogP contribution in [0.2, 0.25) is 0 Å². The van der Waals surface area contributed by atoms with E-state index in [0.717, 1.165) is 29.4 Å². The molecule has 0 bridgehead atoms. The first-order valence-electron chi connectivity index (χ1n) is 10.6. The lowest BCUT2D eigenvalue weighted by Crippen LogP contribution is -3.13. The van der Waals surface area contributed by atoms with Crippen molar-refractivity contribution in [1.29, 1.82) is 0 Å². The highest BCUT2D eigenvalue weighted by Crippen LogP contribution is 2.23. The number of hydrogen-bond acceptors (Lipinski definition) is 3. The summed E-state index contributed by atoms with van der Waals surface area (Å²) in [6, 6.07) is 13.4. The van der Waals surface area contributed by atoms with Gasteiger partial charge in [0, 0.05) is 13.2 Å². The molecule has 1 aliphatic rings. The Morgan fingerprint density at radius 3 is 2.60 bits per heavy atom. The molecule has 0 atom stereocenters. The van der Waals surface area contributed by atoms with Crippen LogP contribution in [0, 0.1) is 0 Å². The highest BCUT2D eigenvalue weighted by atomic mass is 16.5. The van der Waals surface area contributed by atoms with Crippen LogP contribution in [0.25, 0.3) is 17.1 Å². The van der Waals surface area contributed by atoms with Gasteiger partial charge in [0.2, 0.25) is 0 Å². The number of amides is 1. The molecule has 1 aromatic carbocycles. The molecule has 0 aliphatic carbocycles. The second-order valence-electron chi connectivity index (χ2n) is 7.85. The number of nitrogens with one attached hydrogen (secondary N) is 2. The molecular weight excluding hydrogens is 378 g/mol. The minimum atomic E-state index is -0.102. The molecule has 7 nitrogen and oxygen atoms in total. The van der Waals surface area contributed by atoms with E-state index in [1.807, 2.05) is 60.3 Å². The summed E-state index contributed by atoms with van der Waals surface area (Å²) < 4.78 is 8.97. The molecular formula is C23H30N5O2+. The van der Waals surface area contributed by atoms with Crippen LogP contribution in [-0.4, -0.2) is 53.5 Å². The van der Waals surface area contributed by atoms with E-state index in [1.54, 1.807) is 16.7 Å². The van der Waals surface area contributed by atoms with Crippen LogP contribution in [-0.2, 0) is 7.05 Å². The minimum absolute atomic E-state index is 0.102. The first-order chi connectivity index (χ1) is 14.7. The van der Waals surface area contributed by atoms with Crippen molar-refractivity contribution in [2.75, 3.05) is 33.3 Å². The summed E-state index contributed by atoms with van der Waals surface area (Å²) in [7, 11) is 3.61. The molecule has 0 unspecified atom stereocenters. The predicted molar refractivity (Wildman–Crippen MR) is 116 cm³/mol. The summed E-state index contributed by atoms with van der Waals surface area (Å²) in [4.78, 5) is 14.6. The van der Waals surface area contributed by atoms with Crippen molar-refractivity contribution < 1.29 is 14.4 Å². The Hall–Kier alpha value is -3.06. The van der Waals surface area contributed by atoms with Crippen LogP contribution < -0.4 is 15.0 Å². The minimum Gasteiger partial charge on any atom is -0.497 e. The molecule has 30 heavy (non-hydrogen) atoms. The Bertz CT molecular complexity index is 983. The number of ether oxygens (including phenoxy) is 1. The Balaban J connectivity index is 1.56. The fourth-order valence-electron chi connectivity index (χ4n) is 4.06. The zero-order chi connectivity index (χ0) is 20.9. The van der Waals surface area contributed by atoms with Gasteiger partial charge >= 0.3 is 0 Å². The van der Waals surface area contributed by atoms with Crippen LogP contribution in [0.4, 0.5) is 0 Å². The molecule has 3 aromatic rings. The number of carbonyl (C=O) groups excluding carboxylic acids is 1. The van der Waals surface area contributed by atoms with Gasteiger partial charge in [0.05, 0.1) is 44.7 Å². The number of aromatic nitrogens is 3. The number of piperidine rings is 1. The van der Waals surface area contributed by atoms with E-state index in [4.69, 9.17) is 9.84 Å². The molecule has 3 heterocycles. The maximum atomic E-state index is 13.1. The topological polar surface area (TPSA) is 65.5 Å². The molecule has 4 rings (SSSR count). The van der Waals surface area contributed by atoms with Crippen LogP contribution >= 0.6 is 0 Å². The Morgan fingerprint density at radius 1 is 1.17 bits per heavy atom. The molecule has 0 spiro atoms. The largest absolute Gasteiger partial charge is 0.497 e. The van der Waals surface area contributed by atoms with E-state index in [1.165, 1.54) is 32.4 Å². The van der Waals surface area contributed by atoms with Crippen molar-refractivity contribution >= 4 is 5.91 Å². The van der Waals surface area contributed by atoms with Crippen molar-refractivity contribution in [3.63, 3.8) is 0 Å². The number of benzene rings is 1. The first-order valence-corrected chi connectivity index (χ1v) is 10.6. The number of carbonyl (C=O) groups is 1. The lowest BCUT2D eigenvalue weighted by Gasteiger charge is -2.23. The average molecular weight is 409 g/mol. The van der Waals surface area contributed by atoms with Crippen LogP contribution in [0.1, 0.15) is 29.8 Å². The quantitative estimate of drug-likeness (QED) is 0.625. The second kappa shape index (κ2) is 9.17. The number of quaternary nitrogens is 1. The number of likely N-dealkylation sites (tertiary alicyclic amines) is 1. The van der Waals surface area contributed by atoms with Crippen molar-refractivity contribution in [3.05, 3.63) is 54.4 Å². The average Bonchev–Trinajstić information content (AvgIpc) is 3.41. The smallest absolute Gasteiger partial charge is 0.270 e. The third kappa shape index (κ3) is 4.41. The Morgan fingerprint density at radius 2 is 1.93 bits per heavy atom. The van der Waals surface area contributed by atoms with Gasteiger partial charge in [-0.05, 0) is 61.7 Å². The molecule has 0 saturated carbocycles. The summed E-state index contributed by atoms with van der Waals surface area (Å²) in [5, 5.41) is 7.85. The summed E-state index contributed by atoms with van der Waals surface area (Å²) in [6.45, 7) is 4.04. The van der Waals surface area contributed by atoms with Crippen molar-refractivity contribution in [3.8, 4) is 22.8 Å². The van der Waals surface area contributed by atoms with E-state index in [0.29, 0.717) is 12.2 Å². The van der Waals surface area contributed by atoms with Crippen LogP contribution in [0.15, 0.2) is 48.7 Å². The van der Waals surface area contributed by atoms with Gasteiger partial charge in [-0.1, -0.05) is 0 Å². The van der Waals surface area contributed by atoms with Gasteiger partial charge in [0.15, 0.2) is 0 Å². The van der Waals surface area contributed by atoms with Gasteiger partial charge in [0.1, 0.15) is 17.1 Å². The third-order valence-corrected chi connectivity index (χ3v) is 5.79. The fourth-order valence-corrected chi connectivity index (χ4v) is 4.06. The SMILES string of the molecule is COc1ccc(-n2nc(-c3cccn3C)cc2C(=O)NCC[NH+]2CCCCC2)cc1. The monoisotopic (exact) mass is 408 g/mol. The molecule has 0 radical (unpaired) electrons. The molecule has 1 aliphatic heterocycles. The van der Waals surface area contributed by atoms with Crippen molar-refractivity contribution in [2.24, 2.45) is 7.05 Å². The number of aryl methyl sites for hydroxylation is 1. The maximum absolute atomic E-state index is 13.1. The first kappa shape index (κ1) is 20.2. The lowest BCUT2D eigenvalue weighted by molar-refractivity contribution is -0.903. The summed E-state index contributed by atoms with van der Waals surface area (Å²) in [5.74, 6) is 0.666. The zero-order valence-corrected chi connectivity index (χ0v) is 17.7. The normalized spacial score (nSPS) is 14.6. The number of methoxy groups -OCH3 is 1. The van der Waals surface area contributed by atoms with Gasteiger partial charge in [-0.15, -0.1) is 0 Å². The van der Waals surface area contributed by atoms with Gasteiger partial charge in [-0.3, -0.25) is 4.79 Å². The van der Waals surface area contributed by atoms with Crippen LogP contribution in [0.5, 0.6) is 5.75 Å². The fraction of sp³-hybridized carbons (Fsp3) is 0.391. The Kier molecular flexibility index (Phi) is 6.18. The van der Waals surface area contributed by atoms with Crippen LogP contribution in [0.3, 0.4) is 0 Å². The molecule has 7 heteroatoms. The number of nitrogens with zero attached hydrogens (tertiary/aromatic N) is 3.